The predicted octanol–water partition coefficient (Wildman–Crippen LogP) is 2.95. The number of rotatable bonds is 6. The molecule has 0 aromatic carbocycles. The van der Waals surface area contributed by atoms with Gasteiger partial charge >= 0.3 is 0 Å². The quantitative estimate of drug-likeness (QED) is 0.684. The maximum Gasteiger partial charge on any atom is 0.225 e. The number of carbonyl (C=O) groups excluding carboxylic acids is 1. The predicted molar refractivity (Wildman–Crippen MR) is 61.6 cm³/mol. The third kappa shape index (κ3) is 4.85. The van der Waals surface area contributed by atoms with Crippen molar-refractivity contribution in [3.8, 4) is 0 Å². The molecule has 1 amide bonds. The number of nitrogens with one attached hydrogen (secondary N) is 1. The maximum atomic E-state index is 11.6. The van der Waals surface area contributed by atoms with Crippen LogP contribution < -0.4 is 5.32 Å². The van der Waals surface area contributed by atoms with Gasteiger partial charge in [-0.25, -0.2) is 0 Å². The Morgan fingerprint density at radius 3 is 2.43 bits per heavy atom. The molecule has 0 spiro atoms. The Labute approximate surface area is 92.4 Å². The molecule has 14 heavy (non-hydrogen) atoms. The molecule has 0 fully saturated rings. The molecule has 0 bridgehead atoms. The molecule has 3 heteroatoms. The van der Waals surface area contributed by atoms with Crippen molar-refractivity contribution in [2.24, 2.45) is 5.41 Å². The van der Waals surface area contributed by atoms with Gasteiger partial charge < -0.3 is 5.32 Å². The normalized spacial score (nSPS) is 13.8. The number of amides is 1. The molecule has 0 aliphatic heterocycles. The van der Waals surface area contributed by atoms with E-state index in [2.05, 4.69) is 12.2 Å². The van der Waals surface area contributed by atoms with Crippen molar-refractivity contribution in [1.29, 1.82) is 0 Å². The van der Waals surface area contributed by atoms with Gasteiger partial charge in [0.1, 0.15) is 0 Å². The second-order valence-corrected chi connectivity index (χ2v) is 4.95. The summed E-state index contributed by atoms with van der Waals surface area (Å²) in [7, 11) is 0. The Morgan fingerprint density at radius 2 is 2.00 bits per heavy atom. The first-order valence-corrected chi connectivity index (χ1v) is 5.80. The number of hydrogen-bond acceptors (Lipinski definition) is 1. The van der Waals surface area contributed by atoms with Gasteiger partial charge in [-0.05, 0) is 12.8 Å². The van der Waals surface area contributed by atoms with E-state index >= 15 is 0 Å². The van der Waals surface area contributed by atoms with Crippen LogP contribution in [-0.4, -0.2) is 17.8 Å². The lowest BCUT2D eigenvalue weighted by atomic mass is 9.89. The minimum atomic E-state index is -0.275. The van der Waals surface area contributed by atoms with Crippen LogP contribution in [0.15, 0.2) is 0 Å². The third-order valence-corrected chi connectivity index (χ3v) is 2.96. The van der Waals surface area contributed by atoms with E-state index in [4.69, 9.17) is 11.6 Å². The zero-order chi connectivity index (χ0) is 11.2. The summed E-state index contributed by atoms with van der Waals surface area (Å²) < 4.78 is 0. The van der Waals surface area contributed by atoms with Crippen LogP contribution in [0, 0.1) is 5.41 Å². The maximum absolute atomic E-state index is 11.6. The largest absolute Gasteiger partial charge is 0.354 e. The summed E-state index contributed by atoms with van der Waals surface area (Å²) in [6.45, 7) is 8.59. The molecular weight excluding hydrogens is 198 g/mol. The first-order chi connectivity index (χ1) is 6.44. The van der Waals surface area contributed by atoms with Crippen molar-refractivity contribution in [3.63, 3.8) is 0 Å². The molecule has 0 aliphatic rings. The number of alkyl halides is 1. The minimum Gasteiger partial charge on any atom is -0.354 e. The highest BCUT2D eigenvalue weighted by atomic mass is 35.5. The molecule has 2 nitrogen and oxygen atoms in total. The summed E-state index contributed by atoms with van der Waals surface area (Å²) in [5.41, 5.74) is -0.275. The average molecular weight is 220 g/mol. The summed E-state index contributed by atoms with van der Waals surface area (Å²) in [5, 5.41) is 2.95. The molecule has 84 valence electrons. The Hall–Kier alpha value is -0.240. The van der Waals surface area contributed by atoms with E-state index in [-0.39, 0.29) is 16.7 Å². The van der Waals surface area contributed by atoms with E-state index in [9.17, 15) is 4.79 Å². The lowest BCUT2D eigenvalue weighted by Crippen LogP contribution is -2.39. The van der Waals surface area contributed by atoms with Crippen LogP contribution in [0.3, 0.4) is 0 Å². The average Bonchev–Trinajstić information content (AvgIpc) is 2.14. The number of hydrogen-bond donors (Lipinski definition) is 1. The van der Waals surface area contributed by atoms with Crippen LogP contribution in [0.1, 0.15) is 47.0 Å². The summed E-state index contributed by atoms with van der Waals surface area (Å²) in [4.78, 5) is 11.6. The van der Waals surface area contributed by atoms with Gasteiger partial charge in [0.25, 0.3) is 0 Å². The van der Waals surface area contributed by atoms with Crippen LogP contribution in [0.4, 0.5) is 0 Å². The number of carbonyl (C=O) groups is 1. The van der Waals surface area contributed by atoms with Gasteiger partial charge in [0.2, 0.25) is 5.91 Å². The number of halogens is 1. The lowest BCUT2D eigenvalue weighted by Gasteiger charge is -2.22. The van der Waals surface area contributed by atoms with Crippen LogP contribution >= 0.6 is 11.6 Å². The fourth-order valence-corrected chi connectivity index (χ4v) is 1.31. The van der Waals surface area contributed by atoms with Gasteiger partial charge in [0, 0.05) is 12.0 Å². The molecule has 0 aromatic heterocycles. The highest BCUT2D eigenvalue weighted by Crippen LogP contribution is 2.19. The van der Waals surface area contributed by atoms with Gasteiger partial charge in [0.15, 0.2) is 0 Å². The summed E-state index contributed by atoms with van der Waals surface area (Å²) in [6.07, 6.45) is 2.86. The molecular formula is C11H22ClNO. The SMILES string of the molecule is CCCC(Cl)CNC(=O)C(C)(C)CC. The molecule has 0 radical (unpaired) electrons. The van der Waals surface area contributed by atoms with E-state index in [0.29, 0.717) is 6.54 Å². The molecule has 1 unspecified atom stereocenters. The first kappa shape index (κ1) is 13.8. The van der Waals surface area contributed by atoms with Crippen molar-refractivity contribution >= 4 is 17.5 Å². The fraction of sp³-hybridized carbons (Fsp3) is 0.909. The Kier molecular flexibility index (Phi) is 6.17. The van der Waals surface area contributed by atoms with Gasteiger partial charge in [-0.3, -0.25) is 4.79 Å². The monoisotopic (exact) mass is 219 g/mol. The van der Waals surface area contributed by atoms with E-state index in [1.54, 1.807) is 0 Å². The highest BCUT2D eigenvalue weighted by Gasteiger charge is 2.25. The van der Waals surface area contributed by atoms with Crippen molar-refractivity contribution < 1.29 is 4.79 Å². The molecule has 0 heterocycles. The molecule has 1 N–H and O–H groups in total. The zero-order valence-electron chi connectivity index (χ0n) is 9.69. The van der Waals surface area contributed by atoms with Gasteiger partial charge in [-0.1, -0.05) is 34.1 Å². The van der Waals surface area contributed by atoms with Gasteiger partial charge in [-0.2, -0.15) is 0 Å². The van der Waals surface area contributed by atoms with E-state index in [1.807, 2.05) is 20.8 Å². The Bertz CT molecular complexity index is 180. The Balaban J connectivity index is 3.85. The zero-order valence-corrected chi connectivity index (χ0v) is 10.4. The molecule has 0 saturated heterocycles. The molecule has 0 aromatic rings. The summed E-state index contributed by atoms with van der Waals surface area (Å²) in [6, 6.07) is 0. The topological polar surface area (TPSA) is 29.1 Å². The van der Waals surface area contributed by atoms with Gasteiger partial charge in [-0.15, -0.1) is 11.6 Å². The fourth-order valence-electron chi connectivity index (χ4n) is 1.02. The van der Waals surface area contributed by atoms with Crippen LogP contribution in [0.25, 0.3) is 0 Å². The van der Waals surface area contributed by atoms with Crippen molar-refractivity contribution in [1.82, 2.24) is 5.32 Å². The van der Waals surface area contributed by atoms with Crippen LogP contribution in [0.2, 0.25) is 0 Å². The second kappa shape index (κ2) is 6.28. The van der Waals surface area contributed by atoms with Gasteiger partial charge in [0.05, 0.1) is 5.38 Å². The summed E-state index contributed by atoms with van der Waals surface area (Å²) >= 11 is 6.00. The summed E-state index contributed by atoms with van der Waals surface area (Å²) in [5.74, 6) is 0.0988. The lowest BCUT2D eigenvalue weighted by molar-refractivity contribution is -0.129. The molecule has 1 atom stereocenters. The Morgan fingerprint density at radius 1 is 1.43 bits per heavy atom. The van der Waals surface area contributed by atoms with Crippen LogP contribution in [0.5, 0.6) is 0 Å². The minimum absolute atomic E-state index is 0.0663. The van der Waals surface area contributed by atoms with Crippen molar-refractivity contribution in [2.45, 2.75) is 52.3 Å². The first-order valence-electron chi connectivity index (χ1n) is 5.36. The second-order valence-electron chi connectivity index (χ2n) is 4.33. The van der Waals surface area contributed by atoms with E-state index in [1.165, 1.54) is 0 Å². The van der Waals surface area contributed by atoms with Crippen LogP contribution in [-0.2, 0) is 4.79 Å². The molecule has 0 saturated carbocycles. The van der Waals surface area contributed by atoms with E-state index in [0.717, 1.165) is 19.3 Å². The molecule has 0 rings (SSSR count). The molecule has 0 aliphatic carbocycles. The standard InChI is InChI=1S/C11H22ClNO/c1-5-7-9(12)8-13-10(14)11(3,4)6-2/h9H,5-8H2,1-4H3,(H,13,14). The van der Waals surface area contributed by atoms with Crippen molar-refractivity contribution in [2.75, 3.05) is 6.54 Å². The van der Waals surface area contributed by atoms with E-state index < -0.39 is 0 Å². The third-order valence-electron chi connectivity index (χ3n) is 2.58. The van der Waals surface area contributed by atoms with Crippen molar-refractivity contribution in [3.05, 3.63) is 0 Å². The highest BCUT2D eigenvalue weighted by molar-refractivity contribution is 6.20. The smallest absolute Gasteiger partial charge is 0.225 e.